The lowest BCUT2D eigenvalue weighted by atomic mass is 10.2. The normalized spacial score (nSPS) is 29.6. The number of hydrogen-bond acceptors (Lipinski definition) is 5. The first-order chi connectivity index (χ1) is 12.5. The first-order valence-electron chi connectivity index (χ1n) is 8.95. The number of ether oxygens (including phenoxy) is 1. The van der Waals surface area contributed by atoms with E-state index in [-0.39, 0.29) is 24.8 Å². The Hall–Kier alpha value is -2.35. The van der Waals surface area contributed by atoms with Crippen molar-refractivity contribution < 1.29 is 18.7 Å². The molecule has 2 aliphatic heterocycles. The highest BCUT2D eigenvalue weighted by molar-refractivity contribution is 5.90. The molecule has 1 saturated carbocycles. The van der Waals surface area contributed by atoms with E-state index in [2.05, 4.69) is 10.2 Å². The first-order valence-corrected chi connectivity index (χ1v) is 8.95. The van der Waals surface area contributed by atoms with E-state index in [1.54, 1.807) is 12.1 Å². The van der Waals surface area contributed by atoms with Crippen molar-refractivity contribution in [2.75, 3.05) is 42.5 Å². The summed E-state index contributed by atoms with van der Waals surface area (Å²) in [6.45, 7) is 4.32. The van der Waals surface area contributed by atoms with Crippen LogP contribution in [0.1, 0.15) is 6.92 Å². The maximum Gasteiger partial charge on any atom is 0.414 e. The number of amides is 2. The lowest BCUT2D eigenvalue weighted by Gasteiger charge is -2.23. The predicted octanol–water partition coefficient (Wildman–Crippen LogP) is 0.928. The van der Waals surface area contributed by atoms with Gasteiger partial charge >= 0.3 is 6.09 Å². The average Bonchev–Trinajstić information content (AvgIpc) is 2.93. The van der Waals surface area contributed by atoms with Gasteiger partial charge in [0, 0.05) is 20.0 Å². The summed E-state index contributed by atoms with van der Waals surface area (Å²) in [6.07, 6.45) is -0.964. The third-order valence-electron chi connectivity index (χ3n) is 5.68. The number of nitrogens with zero attached hydrogens (tertiary/aromatic N) is 2. The van der Waals surface area contributed by atoms with Gasteiger partial charge in [-0.15, -0.1) is 0 Å². The van der Waals surface area contributed by atoms with Crippen LogP contribution in [-0.4, -0.2) is 50.8 Å². The van der Waals surface area contributed by atoms with E-state index < -0.39 is 12.2 Å². The molecule has 8 heteroatoms. The zero-order chi connectivity index (χ0) is 18.4. The van der Waals surface area contributed by atoms with Gasteiger partial charge in [0.1, 0.15) is 11.9 Å². The summed E-state index contributed by atoms with van der Waals surface area (Å²) in [6, 6.07) is 4.84. The Balaban J connectivity index is 1.42. The van der Waals surface area contributed by atoms with Crippen LogP contribution in [0.3, 0.4) is 0 Å². The lowest BCUT2D eigenvalue weighted by molar-refractivity contribution is -0.119. The molecule has 1 aromatic rings. The molecule has 0 spiro atoms. The summed E-state index contributed by atoms with van der Waals surface area (Å²) in [5.74, 6) is 1.24. The van der Waals surface area contributed by atoms with Gasteiger partial charge in [-0.1, -0.05) is 0 Å². The van der Waals surface area contributed by atoms with Crippen LogP contribution in [0.4, 0.5) is 20.6 Å². The summed E-state index contributed by atoms with van der Waals surface area (Å²) in [4.78, 5) is 26.5. The number of carbonyl (C=O) groups excluding carboxylic acids is 2. The number of piperidine rings is 1. The van der Waals surface area contributed by atoms with Crippen LogP contribution in [0.2, 0.25) is 0 Å². The van der Waals surface area contributed by atoms with E-state index in [9.17, 15) is 14.0 Å². The van der Waals surface area contributed by atoms with Crippen LogP contribution in [0.15, 0.2) is 18.2 Å². The Morgan fingerprint density at radius 2 is 2.08 bits per heavy atom. The average molecular weight is 362 g/mol. The van der Waals surface area contributed by atoms with Crippen LogP contribution in [0.25, 0.3) is 0 Å². The molecular weight excluding hydrogens is 339 g/mol. The quantitative estimate of drug-likeness (QED) is 0.814. The number of benzene rings is 1. The fourth-order valence-corrected chi connectivity index (χ4v) is 4.21. The number of fused-ring (bicyclic) bond motifs is 1. The number of cyclic esters (lactones) is 1. The highest BCUT2D eigenvalue weighted by Crippen LogP contribution is 2.52. The number of nitrogens with two attached hydrogens (primary N) is 1. The summed E-state index contributed by atoms with van der Waals surface area (Å²) in [5, 5.41) is 2.62. The highest BCUT2D eigenvalue weighted by atomic mass is 19.1. The predicted molar refractivity (Wildman–Crippen MR) is 94.4 cm³/mol. The van der Waals surface area contributed by atoms with Crippen molar-refractivity contribution in [1.82, 2.24) is 5.32 Å². The largest absolute Gasteiger partial charge is 0.442 e. The number of anilines is 2. The lowest BCUT2D eigenvalue weighted by Crippen LogP contribution is -2.33. The molecule has 1 unspecified atom stereocenters. The van der Waals surface area contributed by atoms with Crippen LogP contribution >= 0.6 is 0 Å². The van der Waals surface area contributed by atoms with Crippen molar-refractivity contribution in [1.29, 1.82) is 0 Å². The third-order valence-corrected chi connectivity index (χ3v) is 5.68. The third kappa shape index (κ3) is 2.98. The fraction of sp³-hybridized carbons (Fsp3) is 0.556. The van der Waals surface area contributed by atoms with Crippen LogP contribution in [0, 0.1) is 23.6 Å². The number of hydrogen-bond donors (Lipinski definition) is 2. The second-order valence-corrected chi connectivity index (χ2v) is 7.32. The molecule has 4 rings (SSSR count). The maximum absolute atomic E-state index is 14.7. The molecule has 3 N–H and O–H groups in total. The zero-order valence-electron chi connectivity index (χ0n) is 14.7. The van der Waals surface area contributed by atoms with Gasteiger partial charge in [0.25, 0.3) is 0 Å². The van der Waals surface area contributed by atoms with E-state index in [1.807, 2.05) is 0 Å². The van der Waals surface area contributed by atoms with Gasteiger partial charge in [0.05, 0.1) is 24.5 Å². The van der Waals surface area contributed by atoms with Gasteiger partial charge < -0.3 is 20.7 Å². The SMILES string of the molecule is CC(=O)NC[C@H]1CN(c2ccc(N3C[C@@H]4C(CN)[C@@H]4C3)c(F)c2)C(=O)O1. The molecule has 0 aromatic heterocycles. The number of carbonyl (C=O) groups is 2. The van der Waals surface area contributed by atoms with E-state index in [0.29, 0.717) is 35.7 Å². The monoisotopic (exact) mass is 362 g/mol. The van der Waals surface area contributed by atoms with Crippen molar-refractivity contribution in [2.45, 2.75) is 13.0 Å². The second kappa shape index (κ2) is 6.42. The molecule has 140 valence electrons. The summed E-state index contributed by atoms with van der Waals surface area (Å²) >= 11 is 0. The molecule has 0 bridgehead atoms. The van der Waals surface area contributed by atoms with E-state index in [1.165, 1.54) is 17.9 Å². The molecular formula is C18H23FN4O3. The first kappa shape index (κ1) is 17.1. The van der Waals surface area contributed by atoms with E-state index in [4.69, 9.17) is 10.5 Å². The molecule has 2 heterocycles. The Bertz CT molecular complexity index is 731. The van der Waals surface area contributed by atoms with Crippen LogP contribution in [-0.2, 0) is 9.53 Å². The molecule has 0 radical (unpaired) electrons. The summed E-state index contributed by atoms with van der Waals surface area (Å²) in [5.41, 5.74) is 6.76. The summed E-state index contributed by atoms with van der Waals surface area (Å²) in [7, 11) is 0. The Labute approximate surface area is 151 Å². The minimum absolute atomic E-state index is 0.185. The second-order valence-electron chi connectivity index (χ2n) is 7.32. The molecule has 1 aromatic carbocycles. The number of nitrogens with one attached hydrogen (secondary N) is 1. The Morgan fingerprint density at radius 3 is 2.69 bits per heavy atom. The molecule has 4 atom stereocenters. The maximum atomic E-state index is 14.7. The number of halogens is 1. The van der Waals surface area contributed by atoms with Crippen molar-refractivity contribution in [2.24, 2.45) is 23.5 Å². The van der Waals surface area contributed by atoms with Crippen molar-refractivity contribution >= 4 is 23.4 Å². The summed E-state index contributed by atoms with van der Waals surface area (Å²) < 4.78 is 19.9. The van der Waals surface area contributed by atoms with Crippen LogP contribution in [0.5, 0.6) is 0 Å². The van der Waals surface area contributed by atoms with E-state index >= 15 is 0 Å². The minimum atomic E-state index is -0.527. The number of rotatable bonds is 5. The van der Waals surface area contributed by atoms with Crippen molar-refractivity contribution in [3.63, 3.8) is 0 Å². The highest BCUT2D eigenvalue weighted by Gasteiger charge is 2.54. The molecule has 2 amide bonds. The van der Waals surface area contributed by atoms with Crippen molar-refractivity contribution in [3.8, 4) is 0 Å². The molecule has 2 saturated heterocycles. The molecule has 3 fully saturated rings. The van der Waals surface area contributed by atoms with Gasteiger partial charge in [0.2, 0.25) is 5.91 Å². The molecule has 1 aliphatic carbocycles. The minimum Gasteiger partial charge on any atom is -0.442 e. The zero-order valence-corrected chi connectivity index (χ0v) is 14.7. The topological polar surface area (TPSA) is 87.9 Å². The molecule has 26 heavy (non-hydrogen) atoms. The van der Waals surface area contributed by atoms with Crippen LogP contribution < -0.4 is 20.9 Å². The van der Waals surface area contributed by atoms with Gasteiger partial charge in [-0.3, -0.25) is 9.69 Å². The molecule has 7 nitrogen and oxygen atoms in total. The van der Waals surface area contributed by atoms with Gasteiger partial charge in [-0.25, -0.2) is 9.18 Å². The standard InChI is InChI=1S/C18H23FN4O3/c1-10(24)21-6-12-7-23(18(25)26-12)11-2-3-17(16(19)4-11)22-8-14-13(5-20)15(14)9-22/h2-4,12-15H,5-9,20H2,1H3,(H,21,24)/t12-,13?,14-,15+/m0/s1. The van der Waals surface area contributed by atoms with Gasteiger partial charge in [-0.2, -0.15) is 0 Å². The van der Waals surface area contributed by atoms with Gasteiger partial charge in [-0.05, 0) is 42.5 Å². The van der Waals surface area contributed by atoms with Gasteiger partial charge in [0.15, 0.2) is 0 Å². The van der Waals surface area contributed by atoms with E-state index in [0.717, 1.165) is 13.1 Å². The van der Waals surface area contributed by atoms with Crippen molar-refractivity contribution in [3.05, 3.63) is 24.0 Å². The Kier molecular flexibility index (Phi) is 4.22. The fourth-order valence-electron chi connectivity index (χ4n) is 4.21. The smallest absolute Gasteiger partial charge is 0.414 e. The Morgan fingerprint density at radius 1 is 1.35 bits per heavy atom. The molecule has 3 aliphatic rings.